The zero-order valence-electron chi connectivity index (χ0n) is 16.1. The van der Waals surface area contributed by atoms with Gasteiger partial charge in [-0.05, 0) is 63.6 Å². The molecule has 1 saturated carbocycles. The number of hydrogen-bond acceptors (Lipinski definition) is 3. The van der Waals surface area contributed by atoms with E-state index < -0.39 is 5.82 Å². The van der Waals surface area contributed by atoms with Gasteiger partial charge in [-0.25, -0.2) is 9.18 Å². The summed E-state index contributed by atoms with van der Waals surface area (Å²) in [5.74, 6) is -0.127. The first-order chi connectivity index (χ1) is 13.1. The molecule has 1 aromatic carbocycles. The van der Waals surface area contributed by atoms with E-state index in [0.29, 0.717) is 11.7 Å². The van der Waals surface area contributed by atoms with Crippen LogP contribution >= 0.6 is 0 Å². The number of halogens is 1. The Labute approximate surface area is 160 Å². The molecule has 0 spiro atoms. The molecule has 1 aliphatic carbocycles. The summed E-state index contributed by atoms with van der Waals surface area (Å²) in [6.07, 6.45) is 7.69. The van der Waals surface area contributed by atoms with Crippen LogP contribution in [0.4, 0.5) is 14.9 Å². The largest absolute Gasteiger partial charge is 0.487 e. The molecule has 1 aromatic rings. The smallest absolute Gasteiger partial charge is 0.322 e. The van der Waals surface area contributed by atoms with E-state index in [-0.39, 0.29) is 23.9 Å². The number of carbonyl (C=O) groups excluding carboxylic acids is 1. The van der Waals surface area contributed by atoms with E-state index in [0.717, 1.165) is 58.2 Å². The molecule has 0 radical (unpaired) electrons. The Hall–Kier alpha value is -1.82. The van der Waals surface area contributed by atoms with E-state index in [1.807, 2.05) is 4.90 Å². The molecule has 0 aromatic heterocycles. The first-order valence-electron chi connectivity index (χ1n) is 10.4. The highest BCUT2D eigenvalue weighted by molar-refractivity contribution is 5.89. The summed E-state index contributed by atoms with van der Waals surface area (Å²) in [4.78, 5) is 17.3. The second-order valence-corrected chi connectivity index (χ2v) is 8.11. The van der Waals surface area contributed by atoms with Gasteiger partial charge >= 0.3 is 6.03 Å². The van der Waals surface area contributed by atoms with Crippen LogP contribution in [0.3, 0.4) is 0 Å². The summed E-state index contributed by atoms with van der Waals surface area (Å²) in [7, 11) is 0. The molecule has 2 aliphatic heterocycles. The highest BCUT2D eigenvalue weighted by Crippen LogP contribution is 2.29. The SMILES string of the molecule is CC[C@H]1CN2CCC[C@@H]2CN1C(=O)Nc1ccc(OC2CCCC2)c(F)c1. The monoisotopic (exact) mass is 375 g/mol. The highest BCUT2D eigenvalue weighted by Gasteiger charge is 2.37. The molecule has 2 amide bonds. The van der Waals surface area contributed by atoms with Gasteiger partial charge in [0.25, 0.3) is 0 Å². The Morgan fingerprint density at radius 2 is 2.04 bits per heavy atom. The maximum absolute atomic E-state index is 14.4. The van der Waals surface area contributed by atoms with Gasteiger partial charge in [0.15, 0.2) is 11.6 Å². The molecule has 0 bridgehead atoms. The lowest BCUT2D eigenvalue weighted by Gasteiger charge is -2.43. The number of nitrogens with one attached hydrogen (secondary N) is 1. The Balaban J connectivity index is 1.40. The molecule has 2 atom stereocenters. The van der Waals surface area contributed by atoms with Crippen molar-refractivity contribution in [1.29, 1.82) is 0 Å². The topological polar surface area (TPSA) is 44.8 Å². The summed E-state index contributed by atoms with van der Waals surface area (Å²) < 4.78 is 20.2. The van der Waals surface area contributed by atoms with E-state index in [1.54, 1.807) is 12.1 Å². The van der Waals surface area contributed by atoms with Gasteiger partial charge in [0, 0.05) is 36.9 Å². The molecule has 1 N–H and O–H groups in total. The zero-order valence-corrected chi connectivity index (χ0v) is 16.1. The van der Waals surface area contributed by atoms with Crippen molar-refractivity contribution in [3.05, 3.63) is 24.0 Å². The van der Waals surface area contributed by atoms with Gasteiger partial charge < -0.3 is 15.0 Å². The predicted molar refractivity (Wildman–Crippen MR) is 104 cm³/mol. The third-order valence-electron chi connectivity index (χ3n) is 6.30. The van der Waals surface area contributed by atoms with Gasteiger partial charge in [-0.2, -0.15) is 0 Å². The number of nitrogens with zero attached hydrogens (tertiary/aromatic N) is 2. The van der Waals surface area contributed by atoms with Crippen molar-refractivity contribution in [2.24, 2.45) is 0 Å². The molecular weight excluding hydrogens is 345 g/mol. The summed E-state index contributed by atoms with van der Waals surface area (Å²) in [5, 5.41) is 2.89. The second-order valence-electron chi connectivity index (χ2n) is 8.11. The molecule has 4 rings (SSSR count). The molecule has 3 fully saturated rings. The highest BCUT2D eigenvalue weighted by atomic mass is 19.1. The van der Waals surface area contributed by atoms with E-state index >= 15 is 0 Å². The second kappa shape index (κ2) is 8.05. The minimum atomic E-state index is -0.410. The first-order valence-corrected chi connectivity index (χ1v) is 10.4. The number of benzene rings is 1. The van der Waals surface area contributed by atoms with E-state index in [1.165, 1.54) is 12.5 Å². The normalized spacial score (nSPS) is 26.2. The Morgan fingerprint density at radius 1 is 1.22 bits per heavy atom. The summed E-state index contributed by atoms with van der Waals surface area (Å²) in [6.45, 7) is 4.97. The van der Waals surface area contributed by atoms with Crippen molar-refractivity contribution in [1.82, 2.24) is 9.80 Å². The number of piperazine rings is 1. The third-order valence-corrected chi connectivity index (χ3v) is 6.30. The van der Waals surface area contributed by atoms with Crippen molar-refractivity contribution in [2.45, 2.75) is 70.1 Å². The fourth-order valence-corrected chi connectivity index (χ4v) is 4.74. The molecule has 2 saturated heterocycles. The lowest BCUT2D eigenvalue weighted by atomic mass is 10.1. The van der Waals surface area contributed by atoms with Crippen molar-refractivity contribution >= 4 is 11.7 Å². The zero-order chi connectivity index (χ0) is 18.8. The number of ether oxygens (including phenoxy) is 1. The van der Waals surface area contributed by atoms with Gasteiger partial charge in [-0.15, -0.1) is 0 Å². The van der Waals surface area contributed by atoms with Crippen molar-refractivity contribution in [3.63, 3.8) is 0 Å². The third kappa shape index (κ3) is 4.05. The van der Waals surface area contributed by atoms with Crippen LogP contribution in [0, 0.1) is 5.82 Å². The average molecular weight is 375 g/mol. The van der Waals surface area contributed by atoms with Crippen LogP contribution in [0.15, 0.2) is 18.2 Å². The van der Waals surface area contributed by atoms with Crippen LogP contribution in [0.1, 0.15) is 51.9 Å². The van der Waals surface area contributed by atoms with E-state index in [9.17, 15) is 9.18 Å². The van der Waals surface area contributed by atoms with Crippen molar-refractivity contribution < 1.29 is 13.9 Å². The summed E-state index contributed by atoms with van der Waals surface area (Å²) in [5.41, 5.74) is 0.486. The van der Waals surface area contributed by atoms with E-state index in [4.69, 9.17) is 4.74 Å². The van der Waals surface area contributed by atoms with E-state index in [2.05, 4.69) is 17.1 Å². The van der Waals surface area contributed by atoms with Crippen LogP contribution in [0.25, 0.3) is 0 Å². The van der Waals surface area contributed by atoms with Gasteiger partial charge in [-0.3, -0.25) is 4.90 Å². The Morgan fingerprint density at radius 3 is 2.78 bits per heavy atom. The van der Waals surface area contributed by atoms with Crippen LogP contribution in [-0.4, -0.2) is 53.7 Å². The van der Waals surface area contributed by atoms with Crippen LogP contribution in [0.5, 0.6) is 5.75 Å². The van der Waals surface area contributed by atoms with Gasteiger partial charge in [-0.1, -0.05) is 6.92 Å². The Kier molecular flexibility index (Phi) is 5.53. The predicted octanol–water partition coefficient (Wildman–Crippen LogP) is 4.24. The number of fused-ring (bicyclic) bond motifs is 1. The number of carbonyl (C=O) groups is 1. The average Bonchev–Trinajstić information content (AvgIpc) is 3.34. The number of rotatable bonds is 4. The van der Waals surface area contributed by atoms with Crippen LogP contribution < -0.4 is 10.1 Å². The van der Waals surface area contributed by atoms with Crippen molar-refractivity contribution in [2.75, 3.05) is 25.0 Å². The number of hydrogen-bond donors (Lipinski definition) is 1. The molecular formula is C21H30FN3O2. The Bertz CT molecular complexity index is 677. The van der Waals surface area contributed by atoms with Crippen molar-refractivity contribution in [3.8, 4) is 5.75 Å². The molecule has 5 nitrogen and oxygen atoms in total. The quantitative estimate of drug-likeness (QED) is 0.856. The molecule has 3 aliphatic rings. The van der Waals surface area contributed by atoms with Gasteiger partial charge in [0.2, 0.25) is 0 Å². The lowest BCUT2D eigenvalue weighted by Crippen LogP contribution is -2.58. The minimum absolute atomic E-state index is 0.118. The fraction of sp³-hybridized carbons (Fsp3) is 0.667. The molecule has 2 heterocycles. The number of urea groups is 1. The molecule has 6 heteroatoms. The maximum Gasteiger partial charge on any atom is 0.322 e. The lowest BCUT2D eigenvalue weighted by molar-refractivity contribution is 0.0767. The fourth-order valence-electron chi connectivity index (χ4n) is 4.74. The number of amides is 2. The summed E-state index contributed by atoms with van der Waals surface area (Å²) >= 11 is 0. The van der Waals surface area contributed by atoms with Crippen LogP contribution in [-0.2, 0) is 0 Å². The van der Waals surface area contributed by atoms with Gasteiger partial charge in [0.1, 0.15) is 0 Å². The first kappa shape index (κ1) is 18.5. The molecule has 0 unspecified atom stereocenters. The number of anilines is 1. The molecule has 27 heavy (non-hydrogen) atoms. The summed E-state index contributed by atoms with van der Waals surface area (Å²) in [6, 6.07) is 5.30. The maximum atomic E-state index is 14.4. The van der Waals surface area contributed by atoms with Crippen LogP contribution in [0.2, 0.25) is 0 Å². The van der Waals surface area contributed by atoms with Gasteiger partial charge in [0.05, 0.1) is 6.10 Å². The molecule has 148 valence electrons. The standard InChI is InChI=1S/C21H30FN3O2/c1-2-16-13-24-11-5-6-17(24)14-25(16)21(26)23-15-9-10-20(19(22)12-15)27-18-7-3-4-8-18/h9-10,12,16-18H,2-8,11,13-14H2,1H3,(H,23,26)/t16-,17+/m0/s1. The minimum Gasteiger partial charge on any atom is -0.487 e.